The summed E-state index contributed by atoms with van der Waals surface area (Å²) in [5.41, 5.74) is 2.40. The molecule has 0 saturated heterocycles. The molecule has 150 valence electrons. The highest BCUT2D eigenvalue weighted by molar-refractivity contribution is 14.2. The quantitative estimate of drug-likeness (QED) is 0.231. The van der Waals surface area contributed by atoms with Crippen molar-refractivity contribution in [2.45, 2.75) is 13.3 Å². The Labute approximate surface area is 183 Å². The maximum Gasteiger partial charge on any atom is 0.295 e. The lowest BCUT2D eigenvalue weighted by molar-refractivity contribution is 0.140. The van der Waals surface area contributed by atoms with Gasteiger partial charge >= 0.3 is 0 Å². The topological polar surface area (TPSA) is 63.1 Å². The molecule has 12 heteroatoms. The number of nitrogens with zero attached hydrogens (tertiary/aromatic N) is 4. The summed E-state index contributed by atoms with van der Waals surface area (Å²) < 4.78 is 42.0. The third-order valence-electron chi connectivity index (χ3n) is 3.96. The summed E-state index contributed by atoms with van der Waals surface area (Å²) in [6.07, 6.45) is -2.73. The van der Waals surface area contributed by atoms with Gasteiger partial charge in [-0.1, -0.05) is 30.7 Å². The van der Waals surface area contributed by atoms with Crippen LogP contribution in [-0.4, -0.2) is 31.3 Å². The average Bonchev–Trinajstić information content (AvgIpc) is 3.06. The molecular weight excluding hydrogens is 542 g/mol. The molecule has 0 spiro atoms. The molecule has 1 aromatic carbocycles. The lowest BCUT2D eigenvalue weighted by Gasteiger charge is -2.21. The van der Waals surface area contributed by atoms with E-state index in [9.17, 15) is 13.0 Å². The number of alkyl halides is 2. The molecule has 0 aliphatic carbocycles. The van der Waals surface area contributed by atoms with Crippen molar-refractivity contribution in [1.82, 2.24) is 14.3 Å². The van der Waals surface area contributed by atoms with Gasteiger partial charge in [0.1, 0.15) is 21.7 Å². The molecule has 2 aromatic heterocycles. The van der Waals surface area contributed by atoms with Crippen LogP contribution in [0.25, 0.3) is 11.2 Å². The minimum Gasteiger partial charge on any atom is -0.352 e. The lowest BCUT2D eigenvalue weighted by atomic mass is 10.2. The number of nitrogens with one attached hydrogen (secondary N) is 1. The van der Waals surface area contributed by atoms with Gasteiger partial charge in [-0.2, -0.15) is 0 Å². The van der Waals surface area contributed by atoms with Crippen molar-refractivity contribution in [3.63, 3.8) is 0 Å². The number of rotatable bonds is 7. The van der Waals surface area contributed by atoms with E-state index in [1.807, 2.05) is 53.2 Å². The van der Waals surface area contributed by atoms with Gasteiger partial charge in [-0.3, -0.25) is 8.64 Å². The smallest absolute Gasteiger partial charge is 0.295 e. The van der Waals surface area contributed by atoms with E-state index in [2.05, 4.69) is 15.3 Å². The van der Waals surface area contributed by atoms with Gasteiger partial charge in [0.25, 0.3) is 6.43 Å². The predicted octanol–water partition coefficient (Wildman–Crippen LogP) is 5.68. The highest BCUT2D eigenvalue weighted by atomic mass is 127. The summed E-state index contributed by atoms with van der Waals surface area (Å²) in [7, 11) is 0.539. The fraction of sp³-hybridized carbons (Fsp3) is 0.250. The molecule has 1 N–H and O–H groups in total. The molecule has 2 unspecified atom stereocenters. The van der Waals surface area contributed by atoms with Crippen LogP contribution in [0.1, 0.15) is 19.2 Å². The van der Waals surface area contributed by atoms with E-state index < -0.39 is 17.4 Å². The number of para-hydroxylation sites is 2. The summed E-state index contributed by atoms with van der Waals surface area (Å²) in [5, 5.41) is 3.36. The number of benzene rings is 1. The maximum absolute atomic E-state index is 13.4. The number of anilines is 3. The highest BCUT2D eigenvalue weighted by Gasteiger charge is 2.22. The van der Waals surface area contributed by atoms with Crippen LogP contribution in [0.5, 0.6) is 0 Å². The first kappa shape index (κ1) is 21.6. The summed E-state index contributed by atoms with van der Waals surface area (Å²) in [6, 6.07) is 8.83. The normalized spacial score (nSPS) is 13.0. The molecule has 0 amide bonds. The second-order valence-electron chi connectivity index (χ2n) is 5.61. The zero-order chi connectivity index (χ0) is 20.4. The molecule has 28 heavy (non-hydrogen) atoms. The molecule has 3 rings (SSSR count). The van der Waals surface area contributed by atoms with Crippen LogP contribution >= 0.6 is 40.0 Å². The van der Waals surface area contributed by atoms with Crippen LogP contribution in [0.3, 0.4) is 0 Å². The molecule has 0 radical (unpaired) electrons. The van der Waals surface area contributed by atoms with Crippen molar-refractivity contribution in [3.05, 3.63) is 41.3 Å². The second kappa shape index (κ2) is 9.15. The van der Waals surface area contributed by atoms with Gasteiger partial charge in [0.2, 0.25) is 0 Å². The van der Waals surface area contributed by atoms with Crippen LogP contribution in [-0.2, 0) is 11.0 Å². The van der Waals surface area contributed by atoms with Crippen molar-refractivity contribution in [2.75, 3.05) is 22.4 Å². The molecule has 3 aromatic rings. The fourth-order valence-electron chi connectivity index (χ4n) is 2.66. The Kier molecular flexibility index (Phi) is 7.06. The van der Waals surface area contributed by atoms with Gasteiger partial charge in [0.05, 0.1) is 23.4 Å². The fourth-order valence-corrected chi connectivity index (χ4v) is 5.51. The highest BCUT2D eigenvalue weighted by Crippen LogP contribution is 2.39. The average molecular weight is 558 g/mol. The zero-order valence-electron chi connectivity index (χ0n) is 14.8. The number of aromatic nitrogens is 3. The first-order valence-electron chi connectivity index (χ1n) is 8.09. The minimum atomic E-state index is -2.73. The number of hydrogen-bond acceptors (Lipinski definition) is 4. The third kappa shape index (κ3) is 4.24. The van der Waals surface area contributed by atoms with Crippen molar-refractivity contribution in [3.8, 4) is 0 Å². The van der Waals surface area contributed by atoms with E-state index in [1.165, 1.54) is 4.34 Å². The molecule has 2 atom stereocenters. The minimum absolute atomic E-state index is 0.00252. The van der Waals surface area contributed by atoms with Gasteiger partial charge in [0, 0.05) is 18.9 Å². The van der Waals surface area contributed by atoms with Gasteiger partial charge in [-0.25, -0.2) is 23.0 Å². The Bertz CT molecular complexity index is 1040. The Morgan fingerprint density at radius 1 is 1.36 bits per heavy atom. The van der Waals surface area contributed by atoms with E-state index in [0.29, 0.717) is 34.0 Å². The SMILES string of the molecule is CCS(=O)N(C)c1ccccc1Nc1cc(Cl)nc2c1nc(C(F)F)n2PI. The molecular formula is C16H16ClF2IN5OPS. The number of pyridine rings is 1. The number of halogens is 4. The largest absolute Gasteiger partial charge is 0.352 e. The molecule has 0 fully saturated rings. The van der Waals surface area contributed by atoms with Gasteiger partial charge in [0.15, 0.2) is 11.5 Å². The molecule has 0 aliphatic heterocycles. The van der Waals surface area contributed by atoms with Crippen LogP contribution in [0.4, 0.5) is 25.8 Å². The van der Waals surface area contributed by atoms with Crippen LogP contribution in [0.15, 0.2) is 30.3 Å². The lowest BCUT2D eigenvalue weighted by Crippen LogP contribution is -2.22. The van der Waals surface area contributed by atoms with Crippen molar-refractivity contribution in [2.24, 2.45) is 0 Å². The maximum atomic E-state index is 13.4. The zero-order valence-corrected chi connectivity index (χ0v) is 19.5. The van der Waals surface area contributed by atoms with Gasteiger partial charge in [-0.05, 0) is 34.2 Å². The first-order valence-corrected chi connectivity index (χ1v) is 13.8. The van der Waals surface area contributed by atoms with E-state index >= 15 is 0 Å². The predicted molar refractivity (Wildman–Crippen MR) is 122 cm³/mol. The Hall–Kier alpha value is -1.10. The monoisotopic (exact) mass is 557 g/mol. The third-order valence-corrected chi connectivity index (χ3v) is 7.51. The van der Waals surface area contributed by atoms with Crippen LogP contribution < -0.4 is 9.62 Å². The molecule has 0 bridgehead atoms. The summed E-state index contributed by atoms with van der Waals surface area (Å²) in [4.78, 5) is 8.29. The van der Waals surface area contributed by atoms with Crippen LogP contribution in [0.2, 0.25) is 5.15 Å². The molecule has 0 saturated carbocycles. The van der Waals surface area contributed by atoms with Crippen molar-refractivity contribution >= 4 is 79.2 Å². The first-order chi connectivity index (χ1) is 13.4. The number of fused-ring (bicyclic) bond motifs is 1. The van der Waals surface area contributed by atoms with Gasteiger partial charge < -0.3 is 5.32 Å². The second-order valence-corrected chi connectivity index (χ2v) is 9.82. The number of imidazole rings is 1. The van der Waals surface area contributed by atoms with Crippen molar-refractivity contribution in [1.29, 1.82) is 0 Å². The van der Waals surface area contributed by atoms with Gasteiger partial charge in [-0.15, -0.1) is 0 Å². The van der Waals surface area contributed by atoms with Crippen molar-refractivity contribution < 1.29 is 13.0 Å². The number of hydrogen-bond donors (Lipinski definition) is 1. The van der Waals surface area contributed by atoms with E-state index in [1.54, 1.807) is 17.4 Å². The summed E-state index contributed by atoms with van der Waals surface area (Å²) >= 11 is 8.15. The summed E-state index contributed by atoms with van der Waals surface area (Å²) in [5.74, 6) is 0.118. The Morgan fingerprint density at radius 3 is 2.71 bits per heavy atom. The van der Waals surface area contributed by atoms with E-state index in [0.717, 1.165) is 0 Å². The van der Waals surface area contributed by atoms with E-state index in [-0.39, 0.29) is 17.4 Å². The molecule has 0 aliphatic rings. The summed E-state index contributed by atoms with van der Waals surface area (Å²) in [6.45, 7) is 1.83. The molecule has 6 nitrogen and oxygen atoms in total. The van der Waals surface area contributed by atoms with E-state index in [4.69, 9.17) is 11.6 Å². The standard InChI is InChI=1S/C16H16ClF2IN5OPS/c1-3-28(26)24(2)11-7-5-4-6-9(11)21-10-8-12(17)22-15-13(10)23-16(14(18)19)25(15)27-20/h4-8,14,27H,3H2,1-2H3,(H,21,22). The Balaban J connectivity index is 2.13. The van der Waals surface area contributed by atoms with Crippen LogP contribution in [0, 0.1) is 0 Å². The Morgan fingerprint density at radius 2 is 2.07 bits per heavy atom. The molecule has 2 heterocycles.